The van der Waals surface area contributed by atoms with E-state index in [1.54, 1.807) is 0 Å². The number of hydrogen-bond donors (Lipinski definition) is 1. The lowest BCUT2D eigenvalue weighted by atomic mass is 9.96. The summed E-state index contributed by atoms with van der Waals surface area (Å²) in [6, 6.07) is 17.5. The fourth-order valence-electron chi connectivity index (χ4n) is 4.58. The average Bonchev–Trinajstić information content (AvgIpc) is 3.27. The Morgan fingerprint density at radius 3 is 2.68 bits per heavy atom. The molecule has 1 fully saturated rings. The van der Waals surface area contributed by atoms with Crippen LogP contribution in [0.2, 0.25) is 0 Å². The first-order valence-electron chi connectivity index (χ1n) is 11.2. The molecule has 1 saturated carbocycles. The maximum atomic E-state index is 6.26. The van der Waals surface area contributed by atoms with Crippen LogP contribution in [0.15, 0.2) is 60.9 Å². The molecular formula is C27H28N4. The largest absolute Gasteiger partial charge is 0.383 e. The minimum absolute atomic E-state index is 0.545. The molecule has 0 spiro atoms. The number of nitrogens with two attached hydrogens (primary N) is 1. The normalized spacial score (nSPS) is 15.1. The summed E-state index contributed by atoms with van der Waals surface area (Å²) in [6.07, 6.45) is 14.6. The van der Waals surface area contributed by atoms with Crippen LogP contribution in [0.4, 0.5) is 5.82 Å². The SMILES string of the molecule is Cc1ccccc1-c1ccc2nc(N)c(/C=C/c3cnn(C4CCCCC4)c3)cc2c1. The molecule has 0 amide bonds. The van der Waals surface area contributed by atoms with E-state index in [2.05, 4.69) is 82.5 Å². The van der Waals surface area contributed by atoms with Gasteiger partial charge >= 0.3 is 0 Å². The van der Waals surface area contributed by atoms with Gasteiger partial charge in [-0.25, -0.2) is 4.98 Å². The van der Waals surface area contributed by atoms with Gasteiger partial charge in [-0.2, -0.15) is 5.10 Å². The van der Waals surface area contributed by atoms with Gasteiger partial charge in [-0.15, -0.1) is 0 Å². The van der Waals surface area contributed by atoms with Crippen molar-refractivity contribution in [2.75, 3.05) is 5.73 Å². The number of fused-ring (bicyclic) bond motifs is 1. The van der Waals surface area contributed by atoms with Crippen molar-refractivity contribution >= 4 is 28.9 Å². The fourth-order valence-corrected chi connectivity index (χ4v) is 4.58. The Labute approximate surface area is 183 Å². The Hall–Kier alpha value is -3.40. The molecule has 2 aromatic heterocycles. The molecule has 31 heavy (non-hydrogen) atoms. The predicted molar refractivity (Wildman–Crippen MR) is 130 cm³/mol. The van der Waals surface area contributed by atoms with Crippen molar-refractivity contribution in [1.82, 2.24) is 14.8 Å². The molecule has 1 aliphatic rings. The first-order valence-corrected chi connectivity index (χ1v) is 11.2. The second kappa shape index (κ2) is 8.38. The molecule has 2 N–H and O–H groups in total. The highest BCUT2D eigenvalue weighted by atomic mass is 15.3. The Morgan fingerprint density at radius 1 is 1.00 bits per heavy atom. The second-order valence-corrected chi connectivity index (χ2v) is 8.56. The van der Waals surface area contributed by atoms with Crippen LogP contribution < -0.4 is 5.73 Å². The summed E-state index contributed by atoms with van der Waals surface area (Å²) in [5.41, 5.74) is 12.9. The predicted octanol–water partition coefficient (Wildman–Crippen LogP) is 6.66. The standard InChI is InChI=1S/C27H28N4/c1-19-7-5-6-10-25(19)21-13-14-26-23(15-21)16-22(27(28)30-26)12-11-20-17-29-31(18-20)24-8-3-2-4-9-24/h5-7,10-18,24H,2-4,8-9H2,1H3,(H2,28,30)/b12-11+. The van der Waals surface area contributed by atoms with E-state index in [0.717, 1.165) is 22.0 Å². The summed E-state index contributed by atoms with van der Waals surface area (Å²) in [5, 5.41) is 5.69. The van der Waals surface area contributed by atoms with Crippen LogP contribution in [0, 0.1) is 6.92 Å². The van der Waals surface area contributed by atoms with Crippen LogP contribution in [0.1, 0.15) is 54.8 Å². The van der Waals surface area contributed by atoms with Crippen LogP contribution in [0.25, 0.3) is 34.2 Å². The van der Waals surface area contributed by atoms with Crippen molar-refractivity contribution < 1.29 is 0 Å². The number of aryl methyl sites for hydroxylation is 1. The van der Waals surface area contributed by atoms with E-state index in [1.165, 1.54) is 48.8 Å². The minimum Gasteiger partial charge on any atom is -0.383 e. The lowest BCUT2D eigenvalue weighted by molar-refractivity contribution is 0.329. The molecule has 0 aliphatic heterocycles. The first kappa shape index (κ1) is 19.6. The summed E-state index contributed by atoms with van der Waals surface area (Å²) in [5.74, 6) is 0.548. The van der Waals surface area contributed by atoms with Gasteiger partial charge in [-0.1, -0.05) is 61.7 Å². The van der Waals surface area contributed by atoms with Gasteiger partial charge < -0.3 is 5.73 Å². The molecule has 0 atom stereocenters. The van der Waals surface area contributed by atoms with Gasteiger partial charge in [0.05, 0.1) is 17.8 Å². The first-order chi connectivity index (χ1) is 15.2. The van der Waals surface area contributed by atoms with Crippen molar-refractivity contribution in [3.05, 3.63) is 77.6 Å². The Morgan fingerprint density at radius 2 is 1.84 bits per heavy atom. The highest BCUT2D eigenvalue weighted by Crippen LogP contribution is 2.29. The summed E-state index contributed by atoms with van der Waals surface area (Å²) < 4.78 is 2.13. The third-order valence-electron chi connectivity index (χ3n) is 6.36. The minimum atomic E-state index is 0.545. The Bertz CT molecular complexity index is 1250. The lowest BCUT2D eigenvalue weighted by Gasteiger charge is -2.21. The molecule has 1 aliphatic carbocycles. The molecule has 0 saturated heterocycles. The van der Waals surface area contributed by atoms with Crippen LogP contribution in [-0.4, -0.2) is 14.8 Å². The summed E-state index contributed by atoms with van der Waals surface area (Å²) >= 11 is 0. The zero-order valence-electron chi connectivity index (χ0n) is 18.0. The fraction of sp³-hybridized carbons (Fsp3) is 0.259. The van der Waals surface area contributed by atoms with Crippen LogP contribution in [-0.2, 0) is 0 Å². The number of aromatic nitrogens is 3. The molecule has 0 bridgehead atoms. The van der Waals surface area contributed by atoms with Crippen molar-refractivity contribution in [3.63, 3.8) is 0 Å². The number of rotatable bonds is 4. The zero-order chi connectivity index (χ0) is 21.2. The highest BCUT2D eigenvalue weighted by molar-refractivity contribution is 5.90. The van der Waals surface area contributed by atoms with Gasteiger partial charge in [0.25, 0.3) is 0 Å². The molecule has 2 aromatic carbocycles. The van der Waals surface area contributed by atoms with Gasteiger partial charge in [-0.05, 0) is 54.7 Å². The van der Waals surface area contributed by atoms with Gasteiger partial charge in [0, 0.05) is 22.7 Å². The number of nitrogens with zero attached hydrogens (tertiary/aromatic N) is 3. The third-order valence-corrected chi connectivity index (χ3v) is 6.36. The van der Waals surface area contributed by atoms with Gasteiger partial charge in [-0.3, -0.25) is 4.68 Å². The van der Waals surface area contributed by atoms with Crippen molar-refractivity contribution in [3.8, 4) is 11.1 Å². The topological polar surface area (TPSA) is 56.7 Å². The van der Waals surface area contributed by atoms with E-state index >= 15 is 0 Å². The molecule has 0 radical (unpaired) electrons. The average molecular weight is 409 g/mol. The summed E-state index contributed by atoms with van der Waals surface area (Å²) in [6.45, 7) is 2.14. The van der Waals surface area contributed by atoms with Gasteiger partial charge in [0.1, 0.15) is 5.82 Å². The molecule has 4 nitrogen and oxygen atoms in total. The molecule has 4 heteroatoms. The van der Waals surface area contributed by atoms with E-state index < -0.39 is 0 Å². The summed E-state index contributed by atoms with van der Waals surface area (Å²) in [4.78, 5) is 4.63. The molecule has 4 aromatic rings. The van der Waals surface area contributed by atoms with Crippen LogP contribution in [0.5, 0.6) is 0 Å². The highest BCUT2D eigenvalue weighted by Gasteiger charge is 2.15. The number of hydrogen-bond acceptors (Lipinski definition) is 3. The second-order valence-electron chi connectivity index (χ2n) is 8.56. The Balaban J connectivity index is 1.43. The number of benzene rings is 2. The number of nitrogen functional groups attached to an aromatic ring is 1. The van der Waals surface area contributed by atoms with E-state index in [1.807, 2.05) is 12.3 Å². The van der Waals surface area contributed by atoms with Crippen molar-refractivity contribution in [2.24, 2.45) is 0 Å². The molecule has 156 valence electrons. The maximum absolute atomic E-state index is 6.26. The van der Waals surface area contributed by atoms with E-state index in [4.69, 9.17) is 5.73 Å². The quantitative estimate of drug-likeness (QED) is 0.410. The van der Waals surface area contributed by atoms with Crippen molar-refractivity contribution in [1.29, 1.82) is 0 Å². The molecular weight excluding hydrogens is 380 g/mol. The summed E-state index contributed by atoms with van der Waals surface area (Å²) in [7, 11) is 0. The smallest absolute Gasteiger partial charge is 0.131 e. The van der Waals surface area contributed by atoms with Crippen LogP contribution >= 0.6 is 0 Å². The van der Waals surface area contributed by atoms with E-state index in [9.17, 15) is 0 Å². The zero-order valence-corrected chi connectivity index (χ0v) is 18.0. The monoisotopic (exact) mass is 408 g/mol. The maximum Gasteiger partial charge on any atom is 0.131 e. The third kappa shape index (κ3) is 4.11. The van der Waals surface area contributed by atoms with Crippen LogP contribution in [0.3, 0.4) is 0 Å². The van der Waals surface area contributed by atoms with Crippen molar-refractivity contribution in [2.45, 2.75) is 45.1 Å². The molecule has 2 heterocycles. The number of pyridine rings is 1. The molecule has 0 unspecified atom stereocenters. The number of anilines is 1. The van der Waals surface area contributed by atoms with Gasteiger partial charge in [0.15, 0.2) is 0 Å². The molecule has 5 rings (SSSR count). The van der Waals surface area contributed by atoms with E-state index in [0.29, 0.717) is 11.9 Å². The Kier molecular flexibility index (Phi) is 5.29. The lowest BCUT2D eigenvalue weighted by Crippen LogP contribution is -2.12. The van der Waals surface area contributed by atoms with Gasteiger partial charge in [0.2, 0.25) is 0 Å². The van der Waals surface area contributed by atoms with E-state index in [-0.39, 0.29) is 0 Å².